The van der Waals surface area contributed by atoms with Crippen LogP contribution >= 0.6 is 0 Å². The number of benzene rings is 3. The number of halogens is 1. The molecule has 3 rings (SSSR count). The second-order valence-electron chi connectivity index (χ2n) is 7.46. The topological polar surface area (TPSA) is 46.4 Å². The molecule has 0 unspecified atom stereocenters. The summed E-state index contributed by atoms with van der Waals surface area (Å²) in [4.78, 5) is 12.4. The zero-order valence-electron chi connectivity index (χ0n) is 17.9. The molecule has 0 spiro atoms. The van der Waals surface area contributed by atoms with Gasteiger partial charge in [-0.1, -0.05) is 62.4 Å². The van der Waals surface area contributed by atoms with Gasteiger partial charge in [0.1, 0.15) is 0 Å². The molecule has 0 aromatic heterocycles. The Hall–Kier alpha value is -3.47. The molecule has 0 aliphatic heterocycles. The van der Waals surface area contributed by atoms with E-state index >= 15 is 0 Å². The summed E-state index contributed by atoms with van der Waals surface area (Å²) in [6.07, 6.45) is 5.86. The largest absolute Gasteiger partial charge is 0.372 e. The second kappa shape index (κ2) is 10.5. The van der Waals surface area contributed by atoms with Crippen LogP contribution in [0.5, 0.6) is 0 Å². The minimum absolute atomic E-state index is 0.514. The number of hydrogen-bond donors (Lipinski definition) is 0. The summed E-state index contributed by atoms with van der Waals surface area (Å²) in [5, 5.41) is 10.7. The number of anilines is 1. The maximum absolute atomic E-state index is 13.8. The first-order valence-electron chi connectivity index (χ1n) is 10.6. The summed E-state index contributed by atoms with van der Waals surface area (Å²) >= 11 is 0. The fourth-order valence-electron chi connectivity index (χ4n) is 3.53. The van der Waals surface area contributed by atoms with E-state index in [9.17, 15) is 14.5 Å². The van der Waals surface area contributed by atoms with E-state index < -0.39 is 16.4 Å². The molecule has 0 aliphatic rings. The molecule has 0 saturated heterocycles. The Morgan fingerprint density at radius 2 is 1.35 bits per heavy atom. The first-order valence-corrected chi connectivity index (χ1v) is 10.6. The van der Waals surface area contributed by atoms with Gasteiger partial charge in [0.05, 0.1) is 4.92 Å². The molecule has 160 valence electrons. The second-order valence-corrected chi connectivity index (χ2v) is 7.46. The number of nitrogens with zero attached hydrogens (tertiary/aromatic N) is 2. The van der Waals surface area contributed by atoms with E-state index in [-0.39, 0.29) is 0 Å². The number of nitro groups is 1. The van der Waals surface area contributed by atoms with Crippen LogP contribution in [0.4, 0.5) is 15.8 Å². The van der Waals surface area contributed by atoms with Gasteiger partial charge in [0.25, 0.3) is 0 Å². The van der Waals surface area contributed by atoms with Crippen LogP contribution in [0.2, 0.25) is 0 Å². The van der Waals surface area contributed by atoms with E-state index in [1.807, 2.05) is 18.2 Å². The van der Waals surface area contributed by atoms with Crippen LogP contribution in [0.3, 0.4) is 0 Å². The third-order valence-electron chi connectivity index (χ3n) is 5.10. The van der Waals surface area contributed by atoms with Gasteiger partial charge in [-0.15, -0.1) is 0 Å². The molecule has 0 bridgehead atoms. The quantitative estimate of drug-likeness (QED) is 0.210. The smallest absolute Gasteiger partial charge is 0.304 e. The lowest BCUT2D eigenvalue weighted by molar-refractivity contribution is -0.387. The van der Waals surface area contributed by atoms with Crippen LogP contribution in [0.15, 0.2) is 66.7 Å². The molecule has 0 N–H and O–H groups in total. The van der Waals surface area contributed by atoms with Crippen molar-refractivity contribution in [1.29, 1.82) is 0 Å². The van der Waals surface area contributed by atoms with E-state index in [1.54, 1.807) is 6.08 Å². The molecule has 0 heterocycles. The summed E-state index contributed by atoms with van der Waals surface area (Å²) in [6, 6.07) is 20.7. The Balaban J connectivity index is 1.70. The molecular formula is C26H27FN2O2. The van der Waals surface area contributed by atoms with Crippen LogP contribution in [0.1, 0.15) is 37.8 Å². The first-order chi connectivity index (χ1) is 15.0. The predicted octanol–water partition coefficient (Wildman–Crippen LogP) is 7.20. The maximum Gasteiger partial charge on any atom is 0.304 e. The standard InChI is InChI=1S/C26H27FN2O2/c1-3-17-28(18-4-2)24-14-12-23(13-15-24)22-10-7-20(8-11-22)5-6-21-9-16-26(29(30)31)25(27)19-21/h5-16,19H,3-4,17-18H2,1-2H3/b6-5+. The average molecular weight is 419 g/mol. The number of hydrogen-bond acceptors (Lipinski definition) is 3. The molecule has 0 fully saturated rings. The summed E-state index contributed by atoms with van der Waals surface area (Å²) in [5.74, 6) is -0.831. The van der Waals surface area contributed by atoms with Gasteiger partial charge in [0.15, 0.2) is 0 Å². The molecule has 4 nitrogen and oxygen atoms in total. The fourth-order valence-corrected chi connectivity index (χ4v) is 3.53. The molecule has 0 aliphatic carbocycles. The summed E-state index contributed by atoms with van der Waals surface area (Å²) in [7, 11) is 0. The minimum atomic E-state index is -0.831. The Kier molecular flexibility index (Phi) is 7.55. The highest BCUT2D eigenvalue weighted by molar-refractivity contribution is 5.73. The maximum atomic E-state index is 13.8. The van der Waals surface area contributed by atoms with E-state index in [2.05, 4.69) is 55.1 Å². The molecule has 5 heteroatoms. The van der Waals surface area contributed by atoms with E-state index in [4.69, 9.17) is 0 Å². The van der Waals surface area contributed by atoms with Gasteiger partial charge in [-0.2, -0.15) is 4.39 Å². The van der Waals surface area contributed by atoms with Crippen LogP contribution in [0.25, 0.3) is 23.3 Å². The third-order valence-corrected chi connectivity index (χ3v) is 5.10. The highest BCUT2D eigenvalue weighted by atomic mass is 19.1. The zero-order valence-corrected chi connectivity index (χ0v) is 17.9. The Morgan fingerprint density at radius 1 is 0.839 bits per heavy atom. The predicted molar refractivity (Wildman–Crippen MR) is 127 cm³/mol. The van der Waals surface area contributed by atoms with Gasteiger partial charge in [0.2, 0.25) is 5.82 Å². The SMILES string of the molecule is CCCN(CCC)c1ccc(-c2ccc(/C=C/c3ccc([N+](=O)[O-])c(F)c3)cc2)cc1. The van der Waals surface area contributed by atoms with Crippen molar-refractivity contribution >= 4 is 23.5 Å². The lowest BCUT2D eigenvalue weighted by atomic mass is 10.0. The molecule has 0 atom stereocenters. The Morgan fingerprint density at radius 3 is 1.87 bits per heavy atom. The highest BCUT2D eigenvalue weighted by Gasteiger charge is 2.12. The highest BCUT2D eigenvalue weighted by Crippen LogP contribution is 2.25. The zero-order chi connectivity index (χ0) is 22.2. The van der Waals surface area contributed by atoms with Crippen LogP contribution in [0, 0.1) is 15.9 Å². The van der Waals surface area contributed by atoms with Crippen LogP contribution in [-0.4, -0.2) is 18.0 Å². The van der Waals surface area contributed by atoms with Crippen molar-refractivity contribution in [3.63, 3.8) is 0 Å². The van der Waals surface area contributed by atoms with Crippen LogP contribution in [-0.2, 0) is 0 Å². The van der Waals surface area contributed by atoms with Gasteiger partial charge in [-0.05, 0) is 59.4 Å². The van der Waals surface area contributed by atoms with E-state index in [1.165, 1.54) is 23.9 Å². The minimum Gasteiger partial charge on any atom is -0.372 e. The van der Waals surface area contributed by atoms with Crippen molar-refractivity contribution < 1.29 is 9.31 Å². The van der Waals surface area contributed by atoms with Gasteiger partial charge in [-0.25, -0.2) is 0 Å². The summed E-state index contributed by atoms with van der Waals surface area (Å²) < 4.78 is 13.8. The molecule has 0 saturated carbocycles. The monoisotopic (exact) mass is 418 g/mol. The number of rotatable bonds is 9. The molecule has 3 aromatic carbocycles. The Bertz CT molecular complexity index is 1040. The normalized spacial score (nSPS) is 11.1. The van der Waals surface area contributed by atoms with Gasteiger partial charge in [-0.3, -0.25) is 10.1 Å². The van der Waals surface area contributed by atoms with Crippen LogP contribution < -0.4 is 4.90 Å². The fraction of sp³-hybridized carbons (Fsp3) is 0.231. The molecule has 31 heavy (non-hydrogen) atoms. The third kappa shape index (κ3) is 5.79. The van der Waals surface area contributed by atoms with Gasteiger partial charge in [0, 0.05) is 24.8 Å². The van der Waals surface area contributed by atoms with Crippen molar-refractivity contribution in [2.75, 3.05) is 18.0 Å². The molecule has 3 aromatic rings. The van der Waals surface area contributed by atoms with Gasteiger partial charge >= 0.3 is 5.69 Å². The number of nitro benzene ring substituents is 1. The molecule has 0 radical (unpaired) electrons. The summed E-state index contributed by atoms with van der Waals surface area (Å²) in [6.45, 7) is 6.52. The Labute approximate surface area is 182 Å². The van der Waals surface area contributed by atoms with Gasteiger partial charge < -0.3 is 4.90 Å². The lowest BCUT2D eigenvalue weighted by Crippen LogP contribution is -2.24. The van der Waals surface area contributed by atoms with Crippen molar-refractivity contribution in [2.45, 2.75) is 26.7 Å². The average Bonchev–Trinajstić information content (AvgIpc) is 2.78. The molecule has 0 amide bonds. The van der Waals surface area contributed by atoms with E-state index in [0.717, 1.165) is 42.6 Å². The van der Waals surface area contributed by atoms with E-state index in [0.29, 0.717) is 5.56 Å². The summed E-state index contributed by atoms with van der Waals surface area (Å²) in [5.41, 5.74) is 4.57. The van der Waals surface area contributed by atoms with Crippen molar-refractivity contribution in [3.8, 4) is 11.1 Å². The van der Waals surface area contributed by atoms with Crippen molar-refractivity contribution in [2.24, 2.45) is 0 Å². The van der Waals surface area contributed by atoms with Crippen molar-refractivity contribution in [3.05, 3.63) is 93.8 Å². The first kappa shape index (κ1) is 22.2. The molecular weight excluding hydrogens is 391 g/mol. The van der Waals surface area contributed by atoms with Crippen molar-refractivity contribution in [1.82, 2.24) is 0 Å². The lowest BCUT2D eigenvalue weighted by Gasteiger charge is -2.24.